The summed E-state index contributed by atoms with van der Waals surface area (Å²) < 4.78 is 5.79. The van der Waals surface area contributed by atoms with E-state index in [9.17, 15) is 9.59 Å². The van der Waals surface area contributed by atoms with Crippen molar-refractivity contribution in [3.05, 3.63) is 56.8 Å². The molecule has 3 aliphatic heterocycles. The van der Waals surface area contributed by atoms with E-state index in [2.05, 4.69) is 23.7 Å². The number of nitrogens with zero attached hydrogens (tertiary/aromatic N) is 3. The van der Waals surface area contributed by atoms with Crippen molar-refractivity contribution in [2.75, 3.05) is 13.1 Å². The lowest BCUT2D eigenvalue weighted by Crippen LogP contribution is -2.42. The summed E-state index contributed by atoms with van der Waals surface area (Å²) in [5.74, 6) is 1.51. The Balaban J connectivity index is 1.45. The minimum absolute atomic E-state index is 0.00114. The third kappa shape index (κ3) is 3.83. The third-order valence-electron chi connectivity index (χ3n) is 7.07. The smallest absolute Gasteiger partial charge is 0.254 e. The number of H-pyrrole nitrogens is 1. The molecular weight excluding hydrogens is 404 g/mol. The maximum absolute atomic E-state index is 13.5. The van der Waals surface area contributed by atoms with Crippen LogP contribution in [0.1, 0.15) is 79.1 Å². The Kier molecular flexibility index (Phi) is 5.53. The number of aromatic nitrogens is 2. The van der Waals surface area contributed by atoms with Crippen molar-refractivity contribution in [3.8, 4) is 5.75 Å². The van der Waals surface area contributed by atoms with Crippen LogP contribution >= 0.6 is 0 Å². The van der Waals surface area contributed by atoms with Gasteiger partial charge in [0, 0.05) is 43.2 Å². The number of rotatable bonds is 3. The zero-order valence-electron chi connectivity index (χ0n) is 19.2. The van der Waals surface area contributed by atoms with Crippen LogP contribution in [0.4, 0.5) is 0 Å². The van der Waals surface area contributed by atoms with Gasteiger partial charge in [-0.25, -0.2) is 4.98 Å². The number of carbonyl (C=O) groups is 1. The number of ether oxygens (including phenoxy) is 1. The zero-order valence-corrected chi connectivity index (χ0v) is 19.2. The number of piperidine rings is 1. The number of amides is 1. The summed E-state index contributed by atoms with van der Waals surface area (Å²) in [5, 5.41) is 0. The van der Waals surface area contributed by atoms with Crippen LogP contribution in [0, 0.1) is 0 Å². The van der Waals surface area contributed by atoms with E-state index in [1.54, 1.807) is 0 Å². The molecular formula is C25H32N4O3. The number of fused-ring (bicyclic) bond motifs is 2. The highest BCUT2D eigenvalue weighted by Gasteiger charge is 2.33. The van der Waals surface area contributed by atoms with Crippen molar-refractivity contribution in [2.45, 2.75) is 77.6 Å². The maximum Gasteiger partial charge on any atom is 0.254 e. The Morgan fingerprint density at radius 2 is 2.09 bits per heavy atom. The molecule has 0 saturated carbocycles. The second-order valence-electron chi connectivity index (χ2n) is 9.66. The van der Waals surface area contributed by atoms with Gasteiger partial charge in [0.1, 0.15) is 17.7 Å². The molecule has 7 nitrogen and oxygen atoms in total. The minimum atomic E-state index is -0.202. The average Bonchev–Trinajstić information content (AvgIpc) is 3.17. The van der Waals surface area contributed by atoms with Gasteiger partial charge >= 0.3 is 0 Å². The molecule has 2 atom stereocenters. The predicted molar refractivity (Wildman–Crippen MR) is 122 cm³/mol. The first-order valence-electron chi connectivity index (χ1n) is 11.9. The van der Waals surface area contributed by atoms with Crippen molar-refractivity contribution in [1.82, 2.24) is 19.8 Å². The van der Waals surface area contributed by atoms with Crippen LogP contribution in [-0.4, -0.2) is 50.9 Å². The van der Waals surface area contributed by atoms with Crippen molar-refractivity contribution < 1.29 is 9.53 Å². The first-order chi connectivity index (χ1) is 15.4. The Hall–Kier alpha value is -2.67. The maximum atomic E-state index is 13.5. The molecule has 0 aliphatic carbocycles. The van der Waals surface area contributed by atoms with Crippen LogP contribution in [0.25, 0.3) is 0 Å². The molecule has 1 aromatic heterocycles. The van der Waals surface area contributed by atoms with E-state index in [1.807, 2.05) is 30.0 Å². The minimum Gasteiger partial charge on any atom is -0.490 e. The standard InChI is InChI=1S/C25H32N4O3/c1-15(2)28-11-9-19-20(14-28)26-23(27-24(19)30)21-6-4-5-10-29(21)25(31)17-7-8-22-18(13-17)12-16(3)32-22/h7-8,13,15-16,21H,4-6,9-12,14H2,1-3H3,(H,26,27,30). The van der Waals surface area contributed by atoms with E-state index in [1.165, 1.54) is 0 Å². The number of hydrogen-bond acceptors (Lipinski definition) is 5. The Morgan fingerprint density at radius 1 is 1.25 bits per heavy atom. The van der Waals surface area contributed by atoms with Gasteiger partial charge in [-0.15, -0.1) is 0 Å². The summed E-state index contributed by atoms with van der Waals surface area (Å²) >= 11 is 0. The van der Waals surface area contributed by atoms with Crippen molar-refractivity contribution >= 4 is 5.91 Å². The number of carbonyl (C=O) groups excluding carboxylic acids is 1. The van der Waals surface area contributed by atoms with Crippen LogP contribution in [0.3, 0.4) is 0 Å². The van der Waals surface area contributed by atoms with E-state index in [4.69, 9.17) is 9.72 Å². The summed E-state index contributed by atoms with van der Waals surface area (Å²) in [5.41, 5.74) is 3.39. The fourth-order valence-electron chi connectivity index (χ4n) is 5.26. The molecule has 0 spiro atoms. The average molecular weight is 437 g/mol. The van der Waals surface area contributed by atoms with Crippen LogP contribution in [0.15, 0.2) is 23.0 Å². The second kappa shape index (κ2) is 8.35. The van der Waals surface area contributed by atoms with Crippen molar-refractivity contribution in [1.29, 1.82) is 0 Å². The molecule has 1 amide bonds. The molecule has 1 saturated heterocycles. The summed E-state index contributed by atoms with van der Waals surface area (Å²) in [4.78, 5) is 38.6. The van der Waals surface area contributed by atoms with Gasteiger partial charge in [-0.1, -0.05) is 0 Å². The summed E-state index contributed by atoms with van der Waals surface area (Å²) in [6.45, 7) is 8.62. The van der Waals surface area contributed by atoms with E-state index >= 15 is 0 Å². The third-order valence-corrected chi connectivity index (χ3v) is 7.07. The molecule has 32 heavy (non-hydrogen) atoms. The van der Waals surface area contributed by atoms with Gasteiger partial charge in [0.2, 0.25) is 0 Å². The monoisotopic (exact) mass is 436 g/mol. The molecule has 0 bridgehead atoms. The highest BCUT2D eigenvalue weighted by molar-refractivity contribution is 5.95. The summed E-state index contributed by atoms with van der Waals surface area (Å²) in [6.07, 6.45) is 4.48. The highest BCUT2D eigenvalue weighted by Crippen LogP contribution is 2.33. The second-order valence-corrected chi connectivity index (χ2v) is 9.66. The van der Waals surface area contributed by atoms with Gasteiger partial charge in [-0.05, 0) is 70.2 Å². The van der Waals surface area contributed by atoms with Gasteiger partial charge in [-0.2, -0.15) is 0 Å². The molecule has 1 fully saturated rings. The number of aromatic amines is 1. The first-order valence-corrected chi connectivity index (χ1v) is 11.9. The van der Waals surface area contributed by atoms with Gasteiger partial charge in [0.25, 0.3) is 11.5 Å². The van der Waals surface area contributed by atoms with E-state index in [-0.39, 0.29) is 23.6 Å². The number of nitrogens with one attached hydrogen (secondary N) is 1. The predicted octanol–water partition coefficient (Wildman–Crippen LogP) is 3.23. The van der Waals surface area contributed by atoms with Crippen molar-refractivity contribution in [2.24, 2.45) is 0 Å². The van der Waals surface area contributed by atoms with E-state index in [0.717, 1.165) is 61.2 Å². The molecule has 7 heteroatoms. The molecule has 1 aromatic carbocycles. The molecule has 1 N–H and O–H groups in total. The highest BCUT2D eigenvalue weighted by atomic mass is 16.5. The fourth-order valence-corrected chi connectivity index (χ4v) is 5.26. The summed E-state index contributed by atoms with van der Waals surface area (Å²) in [6, 6.07) is 5.94. The number of likely N-dealkylation sites (tertiary alicyclic amines) is 1. The lowest BCUT2D eigenvalue weighted by Gasteiger charge is -2.36. The number of benzene rings is 1. The van der Waals surface area contributed by atoms with Gasteiger partial charge in [-0.3, -0.25) is 14.5 Å². The molecule has 170 valence electrons. The molecule has 5 rings (SSSR count). The molecule has 0 radical (unpaired) electrons. The Morgan fingerprint density at radius 3 is 2.91 bits per heavy atom. The molecule has 2 unspecified atom stereocenters. The van der Waals surface area contributed by atoms with Gasteiger partial charge in [0.15, 0.2) is 0 Å². The van der Waals surface area contributed by atoms with E-state index < -0.39 is 0 Å². The number of hydrogen-bond donors (Lipinski definition) is 1. The van der Waals surface area contributed by atoms with Gasteiger partial charge < -0.3 is 14.6 Å². The molecule has 3 aliphatic rings. The topological polar surface area (TPSA) is 78.5 Å². The van der Waals surface area contributed by atoms with Gasteiger partial charge in [0.05, 0.1) is 11.7 Å². The van der Waals surface area contributed by atoms with Crippen LogP contribution < -0.4 is 10.3 Å². The molecule has 4 heterocycles. The van der Waals surface area contributed by atoms with Crippen LogP contribution in [-0.2, 0) is 19.4 Å². The molecule has 2 aromatic rings. The van der Waals surface area contributed by atoms with Crippen molar-refractivity contribution in [3.63, 3.8) is 0 Å². The lowest BCUT2D eigenvalue weighted by molar-refractivity contribution is 0.0598. The Bertz CT molecular complexity index is 1090. The lowest BCUT2D eigenvalue weighted by atomic mass is 9.98. The first kappa shape index (κ1) is 21.2. The van der Waals surface area contributed by atoms with Crippen LogP contribution in [0.2, 0.25) is 0 Å². The normalized spacial score (nSPS) is 23.1. The zero-order chi connectivity index (χ0) is 22.4. The quantitative estimate of drug-likeness (QED) is 0.799. The summed E-state index contributed by atoms with van der Waals surface area (Å²) in [7, 11) is 0. The Labute approximate surface area is 188 Å². The van der Waals surface area contributed by atoms with Crippen LogP contribution in [0.5, 0.6) is 5.75 Å². The largest absolute Gasteiger partial charge is 0.490 e. The fraction of sp³-hybridized carbons (Fsp3) is 0.560. The van der Waals surface area contributed by atoms with E-state index in [0.29, 0.717) is 30.5 Å². The SMILES string of the molecule is CC1Cc2cc(C(=O)N3CCCCC3c3nc4c(c(=O)[nH]3)CCN(C(C)C)C4)ccc2O1.